The van der Waals surface area contributed by atoms with Crippen LogP contribution in [0.3, 0.4) is 0 Å². The molecule has 0 spiro atoms. The van der Waals surface area contributed by atoms with Crippen LogP contribution in [0.1, 0.15) is 49.4 Å². The second-order valence-electron chi connectivity index (χ2n) is 7.22. The van der Waals surface area contributed by atoms with Crippen molar-refractivity contribution in [2.75, 3.05) is 6.61 Å². The molecule has 0 amide bonds. The highest BCUT2D eigenvalue weighted by Gasteiger charge is 2.71. The van der Waals surface area contributed by atoms with Gasteiger partial charge in [0, 0.05) is 6.20 Å². The van der Waals surface area contributed by atoms with Crippen molar-refractivity contribution in [1.82, 2.24) is 14.6 Å². The molecule has 1 saturated heterocycles. The van der Waals surface area contributed by atoms with Crippen LogP contribution in [0.5, 0.6) is 0 Å². The first-order chi connectivity index (χ1) is 14.4. The zero-order valence-corrected chi connectivity index (χ0v) is 16.6. The average molecular weight is 451 g/mol. The molecule has 1 aromatic rings. The van der Waals surface area contributed by atoms with Gasteiger partial charge in [0.25, 0.3) is 5.56 Å². The third kappa shape index (κ3) is 4.27. The van der Waals surface area contributed by atoms with Crippen LogP contribution < -0.4 is 11.2 Å². The maximum atomic E-state index is 14.7. The first-order valence-electron chi connectivity index (χ1n) is 9.59. The summed E-state index contributed by atoms with van der Waals surface area (Å²) in [6.07, 6.45) is -4.13. The Hall–Kier alpha value is -2.20. The average Bonchev–Trinajstić information content (AvgIpc) is 2.92. The van der Waals surface area contributed by atoms with Crippen molar-refractivity contribution < 1.29 is 44.7 Å². The number of H-pyrrole nitrogens is 1. The van der Waals surface area contributed by atoms with Gasteiger partial charge in [-0.3, -0.25) is 9.78 Å². The number of aromatic nitrogens is 2. The minimum absolute atomic E-state index is 0.0241. The van der Waals surface area contributed by atoms with Crippen LogP contribution >= 0.6 is 0 Å². The fourth-order valence-electron chi connectivity index (χ4n) is 3.39. The van der Waals surface area contributed by atoms with Gasteiger partial charge in [-0.25, -0.2) is 18.5 Å². The quantitative estimate of drug-likeness (QED) is 0.0917. The third-order valence-corrected chi connectivity index (χ3v) is 5.15. The predicted molar refractivity (Wildman–Crippen MR) is 98.7 cm³/mol. The zero-order valence-electron chi connectivity index (χ0n) is 16.6. The number of nitrogens with zero attached hydrogens (tertiary/aromatic N) is 2. The van der Waals surface area contributed by atoms with E-state index in [1.807, 2.05) is 6.92 Å². The first-order valence-corrected chi connectivity index (χ1v) is 9.59. The molecule has 1 aliphatic heterocycles. The van der Waals surface area contributed by atoms with Gasteiger partial charge in [0.1, 0.15) is 17.8 Å². The molecule has 13 nitrogen and oxygen atoms in total. The van der Waals surface area contributed by atoms with Crippen LogP contribution in [0.25, 0.3) is 0 Å². The summed E-state index contributed by atoms with van der Waals surface area (Å²) in [5, 5.41) is 60.8. The molecule has 0 aromatic carbocycles. The Bertz CT molecular complexity index is 907. The molecule has 2 rings (SSSR count). The van der Waals surface area contributed by atoms with E-state index < -0.39 is 64.6 Å². The van der Waals surface area contributed by atoms with Crippen LogP contribution in [0.15, 0.2) is 15.8 Å². The molecule has 2 heterocycles. The Morgan fingerprint density at radius 1 is 1.35 bits per heavy atom. The SMILES string of the molecule is CCCCCCC(F)N(O)[C@@]1(O)[C@H](O)[C@@H](CO)O[C@]1(O)n1cc(C(=O)O)c(=O)[nH]c1=O. The molecule has 0 aliphatic carbocycles. The minimum Gasteiger partial charge on any atom is -0.477 e. The Balaban J connectivity index is 2.56. The van der Waals surface area contributed by atoms with Crippen LogP contribution in [0, 0.1) is 0 Å². The molecule has 0 saturated carbocycles. The van der Waals surface area contributed by atoms with Gasteiger partial charge in [0.05, 0.1) is 6.61 Å². The van der Waals surface area contributed by atoms with Gasteiger partial charge in [-0.2, -0.15) is 0 Å². The van der Waals surface area contributed by atoms with E-state index in [0.717, 1.165) is 12.8 Å². The largest absolute Gasteiger partial charge is 0.477 e. The molecule has 1 unspecified atom stereocenters. The molecule has 0 radical (unpaired) electrons. The molecule has 0 bridgehead atoms. The fourth-order valence-corrected chi connectivity index (χ4v) is 3.39. The number of rotatable bonds is 10. The van der Waals surface area contributed by atoms with Gasteiger partial charge in [0.15, 0.2) is 6.30 Å². The molecular formula is C17H26FN3O10. The number of unbranched alkanes of at least 4 members (excludes halogenated alkanes) is 3. The lowest BCUT2D eigenvalue weighted by molar-refractivity contribution is -0.428. The van der Waals surface area contributed by atoms with Crippen LogP contribution in [0.2, 0.25) is 0 Å². The van der Waals surface area contributed by atoms with E-state index in [1.54, 1.807) is 4.98 Å². The minimum atomic E-state index is -3.51. The summed E-state index contributed by atoms with van der Waals surface area (Å²) >= 11 is 0. The number of aliphatic hydroxyl groups excluding tert-OH is 2. The molecule has 1 aromatic heterocycles. The predicted octanol–water partition coefficient (Wildman–Crippen LogP) is -1.76. The second kappa shape index (κ2) is 9.52. The maximum absolute atomic E-state index is 14.7. The number of hydrogen-bond donors (Lipinski definition) is 7. The van der Waals surface area contributed by atoms with E-state index in [9.17, 15) is 44.4 Å². The number of carboxylic acid groups (broad SMARTS) is 1. The Kier molecular flexibility index (Phi) is 7.70. The van der Waals surface area contributed by atoms with Crippen molar-refractivity contribution in [3.05, 3.63) is 32.6 Å². The maximum Gasteiger partial charge on any atom is 0.342 e. The lowest BCUT2D eigenvalue weighted by Gasteiger charge is -2.43. The van der Waals surface area contributed by atoms with Crippen LogP contribution in [0.4, 0.5) is 4.39 Å². The summed E-state index contributed by atoms with van der Waals surface area (Å²) < 4.78 is 19.6. The Labute approximate surface area is 174 Å². The number of aromatic carboxylic acids is 1. The van der Waals surface area contributed by atoms with Crippen molar-refractivity contribution in [3.8, 4) is 0 Å². The van der Waals surface area contributed by atoms with Crippen molar-refractivity contribution >= 4 is 5.97 Å². The number of alkyl halides is 1. The Morgan fingerprint density at radius 2 is 2.00 bits per heavy atom. The number of hydroxylamine groups is 2. The summed E-state index contributed by atoms with van der Waals surface area (Å²) in [6.45, 7) is 0.875. The number of nitrogens with one attached hydrogen (secondary N) is 1. The topological polar surface area (TPSA) is 206 Å². The lowest BCUT2D eigenvalue weighted by Crippen LogP contribution is -2.70. The molecule has 14 heteroatoms. The first kappa shape index (κ1) is 25.1. The standard InChI is InChI=1S/C17H26FN3O10/c1-2-3-4-5-6-11(18)21(30)16(28)12(23)10(8-22)31-17(16,29)20-7-9(14(25)26)13(24)19-15(20)27/h7,10-12,22-23,28-30H,2-6,8H2,1H3,(H,25,26)(H,19,24,27)/t10-,11?,12-,16-,17+/m1/s1. The van der Waals surface area contributed by atoms with Gasteiger partial charge in [0.2, 0.25) is 5.72 Å². The van der Waals surface area contributed by atoms with E-state index in [1.165, 1.54) is 0 Å². The van der Waals surface area contributed by atoms with E-state index in [0.29, 0.717) is 12.6 Å². The van der Waals surface area contributed by atoms with Gasteiger partial charge in [-0.05, 0) is 12.8 Å². The van der Waals surface area contributed by atoms with Crippen molar-refractivity contribution in [1.29, 1.82) is 0 Å². The smallest absolute Gasteiger partial charge is 0.342 e. The molecule has 5 atom stereocenters. The lowest BCUT2D eigenvalue weighted by atomic mass is 10.00. The number of hydrogen-bond acceptors (Lipinski definition) is 10. The van der Waals surface area contributed by atoms with Gasteiger partial charge in [-0.1, -0.05) is 26.2 Å². The van der Waals surface area contributed by atoms with E-state index in [-0.39, 0.29) is 17.4 Å². The van der Waals surface area contributed by atoms with Crippen LogP contribution in [-0.2, 0) is 10.6 Å². The van der Waals surface area contributed by atoms with E-state index >= 15 is 0 Å². The molecule has 1 aliphatic rings. The number of aromatic amines is 1. The van der Waals surface area contributed by atoms with Crippen molar-refractivity contribution in [2.24, 2.45) is 0 Å². The zero-order chi connectivity index (χ0) is 23.6. The summed E-state index contributed by atoms with van der Waals surface area (Å²) in [4.78, 5) is 36.7. The third-order valence-electron chi connectivity index (χ3n) is 5.15. The van der Waals surface area contributed by atoms with Gasteiger partial charge >= 0.3 is 17.6 Å². The fraction of sp³-hybridized carbons (Fsp3) is 0.706. The molecule has 7 N–H and O–H groups in total. The van der Waals surface area contributed by atoms with Gasteiger partial charge in [-0.15, -0.1) is 5.06 Å². The molecular weight excluding hydrogens is 425 g/mol. The number of aliphatic hydroxyl groups is 4. The molecule has 31 heavy (non-hydrogen) atoms. The summed E-state index contributed by atoms with van der Waals surface area (Å²) in [7, 11) is 0. The molecule has 176 valence electrons. The monoisotopic (exact) mass is 451 g/mol. The van der Waals surface area contributed by atoms with E-state index in [2.05, 4.69) is 0 Å². The van der Waals surface area contributed by atoms with Crippen molar-refractivity contribution in [2.45, 2.75) is 69.2 Å². The second-order valence-corrected chi connectivity index (χ2v) is 7.22. The molecule has 1 fully saturated rings. The highest BCUT2D eigenvalue weighted by atomic mass is 19.1. The number of carbonyl (C=O) groups is 1. The highest BCUT2D eigenvalue weighted by Crippen LogP contribution is 2.44. The summed E-state index contributed by atoms with van der Waals surface area (Å²) in [6, 6.07) is 0. The van der Waals surface area contributed by atoms with Gasteiger partial charge < -0.3 is 35.5 Å². The van der Waals surface area contributed by atoms with Crippen molar-refractivity contribution in [3.63, 3.8) is 0 Å². The number of ether oxygens (including phenoxy) is 1. The normalized spacial score (nSPS) is 29.4. The Morgan fingerprint density at radius 3 is 2.55 bits per heavy atom. The number of carboxylic acids is 1. The highest BCUT2D eigenvalue weighted by molar-refractivity contribution is 5.86. The summed E-state index contributed by atoms with van der Waals surface area (Å²) in [5.41, 5.74) is -7.41. The summed E-state index contributed by atoms with van der Waals surface area (Å²) in [5.74, 6) is -5.33. The van der Waals surface area contributed by atoms with E-state index in [4.69, 9.17) is 9.84 Å². The van der Waals surface area contributed by atoms with Crippen LogP contribution in [-0.4, -0.2) is 82.2 Å². The number of halogens is 1.